The SMILES string of the molecule is O=C(N[C@H]1CCC[C@@H](C(F)(F)F)C1)c1cccnc1N1CCOCC1. The number of aromatic nitrogens is 1. The predicted molar refractivity (Wildman–Crippen MR) is 86.5 cm³/mol. The van der Waals surface area contributed by atoms with Gasteiger partial charge in [-0.2, -0.15) is 13.2 Å². The molecule has 2 atom stereocenters. The van der Waals surface area contributed by atoms with E-state index in [1.54, 1.807) is 18.3 Å². The van der Waals surface area contributed by atoms with Gasteiger partial charge in [0.15, 0.2) is 0 Å². The third kappa shape index (κ3) is 4.42. The number of rotatable bonds is 3. The third-order valence-electron chi connectivity index (χ3n) is 4.81. The van der Waals surface area contributed by atoms with Gasteiger partial charge in [-0.3, -0.25) is 4.79 Å². The van der Waals surface area contributed by atoms with E-state index in [1.165, 1.54) is 0 Å². The molecule has 1 aromatic rings. The number of nitrogens with one attached hydrogen (secondary N) is 1. The first-order valence-electron chi connectivity index (χ1n) is 8.60. The van der Waals surface area contributed by atoms with Gasteiger partial charge in [-0.25, -0.2) is 4.98 Å². The lowest BCUT2D eigenvalue weighted by atomic mass is 9.85. The van der Waals surface area contributed by atoms with Gasteiger partial charge in [0, 0.05) is 25.3 Å². The molecule has 0 radical (unpaired) electrons. The van der Waals surface area contributed by atoms with Crippen LogP contribution in [0.3, 0.4) is 0 Å². The molecular weight excluding hydrogens is 335 g/mol. The topological polar surface area (TPSA) is 54.5 Å². The molecule has 5 nitrogen and oxygen atoms in total. The van der Waals surface area contributed by atoms with Gasteiger partial charge in [0.05, 0.1) is 24.7 Å². The summed E-state index contributed by atoms with van der Waals surface area (Å²) in [6.45, 7) is 2.40. The van der Waals surface area contributed by atoms with Crippen LogP contribution in [-0.4, -0.2) is 49.4 Å². The number of morpholine rings is 1. The zero-order chi connectivity index (χ0) is 17.9. The first-order chi connectivity index (χ1) is 11.9. The molecule has 1 saturated carbocycles. The van der Waals surface area contributed by atoms with Crippen LogP contribution in [-0.2, 0) is 4.74 Å². The largest absolute Gasteiger partial charge is 0.391 e. The molecule has 1 N–H and O–H groups in total. The molecule has 0 spiro atoms. The van der Waals surface area contributed by atoms with Crippen molar-refractivity contribution in [3.8, 4) is 0 Å². The highest BCUT2D eigenvalue weighted by atomic mass is 19.4. The van der Waals surface area contributed by atoms with E-state index in [1.807, 2.05) is 4.90 Å². The molecule has 2 fully saturated rings. The lowest BCUT2D eigenvalue weighted by Gasteiger charge is -2.32. The summed E-state index contributed by atoms with van der Waals surface area (Å²) in [5, 5.41) is 2.78. The molecule has 1 amide bonds. The van der Waals surface area contributed by atoms with Gasteiger partial charge in [-0.05, 0) is 31.4 Å². The standard InChI is InChI=1S/C17H22F3N3O2/c18-17(19,20)12-3-1-4-13(11-12)22-16(24)14-5-2-6-21-15(14)23-7-9-25-10-8-23/h2,5-6,12-13H,1,3-4,7-11H2,(H,22,24)/t12-,13+/m1/s1. The normalized spacial score (nSPS) is 24.8. The molecule has 1 saturated heterocycles. The van der Waals surface area contributed by atoms with E-state index in [9.17, 15) is 18.0 Å². The fraction of sp³-hybridized carbons (Fsp3) is 0.647. The Balaban J connectivity index is 1.69. The number of ether oxygens (including phenoxy) is 1. The molecule has 0 bridgehead atoms. The first-order valence-corrected chi connectivity index (χ1v) is 8.60. The number of amides is 1. The van der Waals surface area contributed by atoms with Gasteiger partial charge in [-0.1, -0.05) is 6.42 Å². The van der Waals surface area contributed by atoms with E-state index in [2.05, 4.69) is 10.3 Å². The highest BCUT2D eigenvalue weighted by Gasteiger charge is 2.42. The lowest BCUT2D eigenvalue weighted by Crippen LogP contribution is -2.43. The second-order valence-corrected chi connectivity index (χ2v) is 6.55. The zero-order valence-electron chi connectivity index (χ0n) is 13.9. The maximum atomic E-state index is 12.9. The summed E-state index contributed by atoms with van der Waals surface area (Å²) in [6.07, 6.45) is -1.45. The Kier molecular flexibility index (Phi) is 5.46. The molecule has 1 aliphatic carbocycles. The Morgan fingerprint density at radius 3 is 2.76 bits per heavy atom. The smallest absolute Gasteiger partial charge is 0.378 e. The molecule has 3 rings (SSSR count). The highest BCUT2D eigenvalue weighted by Crippen LogP contribution is 2.37. The summed E-state index contributed by atoms with van der Waals surface area (Å²) in [7, 11) is 0. The van der Waals surface area contributed by atoms with Crippen molar-refractivity contribution in [1.82, 2.24) is 10.3 Å². The average Bonchev–Trinajstić information content (AvgIpc) is 2.62. The number of hydrogen-bond acceptors (Lipinski definition) is 4. The van der Waals surface area contributed by atoms with E-state index < -0.39 is 18.1 Å². The van der Waals surface area contributed by atoms with Gasteiger partial charge in [0.1, 0.15) is 5.82 Å². The summed E-state index contributed by atoms with van der Waals surface area (Å²) in [5.41, 5.74) is 0.401. The summed E-state index contributed by atoms with van der Waals surface area (Å²) < 4.78 is 44.1. The van der Waals surface area contributed by atoms with Gasteiger partial charge >= 0.3 is 6.18 Å². The number of carbonyl (C=O) groups excluding carboxylic acids is 1. The van der Waals surface area contributed by atoms with Crippen LogP contribution in [0.1, 0.15) is 36.0 Å². The highest BCUT2D eigenvalue weighted by molar-refractivity contribution is 5.99. The molecule has 8 heteroatoms. The van der Waals surface area contributed by atoms with Gasteiger partial charge < -0.3 is 15.0 Å². The molecule has 2 aliphatic rings. The van der Waals surface area contributed by atoms with Crippen molar-refractivity contribution in [2.75, 3.05) is 31.2 Å². The van der Waals surface area contributed by atoms with Gasteiger partial charge in [0.2, 0.25) is 0 Å². The van der Waals surface area contributed by atoms with E-state index in [4.69, 9.17) is 4.74 Å². The van der Waals surface area contributed by atoms with Crippen LogP contribution < -0.4 is 10.2 Å². The molecular formula is C17H22F3N3O2. The Morgan fingerprint density at radius 2 is 2.04 bits per heavy atom. The quantitative estimate of drug-likeness (QED) is 0.904. The van der Waals surface area contributed by atoms with Crippen molar-refractivity contribution >= 4 is 11.7 Å². The monoisotopic (exact) mass is 357 g/mol. The van der Waals surface area contributed by atoms with Crippen molar-refractivity contribution < 1.29 is 22.7 Å². The maximum absolute atomic E-state index is 12.9. The van der Waals surface area contributed by atoms with Gasteiger partial charge in [0.25, 0.3) is 5.91 Å². The summed E-state index contributed by atoms with van der Waals surface area (Å²) >= 11 is 0. The van der Waals surface area contributed by atoms with Crippen LogP contribution >= 0.6 is 0 Å². The fourth-order valence-electron chi connectivity index (χ4n) is 3.48. The number of hydrogen-bond donors (Lipinski definition) is 1. The summed E-state index contributed by atoms with van der Waals surface area (Å²) in [5.74, 6) is -1.13. The third-order valence-corrected chi connectivity index (χ3v) is 4.81. The second-order valence-electron chi connectivity index (χ2n) is 6.55. The van der Waals surface area contributed by atoms with Crippen molar-refractivity contribution in [3.05, 3.63) is 23.9 Å². The van der Waals surface area contributed by atoms with Crippen molar-refractivity contribution in [2.45, 2.75) is 37.9 Å². The number of pyridine rings is 1. The van der Waals surface area contributed by atoms with E-state index in [0.717, 1.165) is 0 Å². The first kappa shape index (κ1) is 18.0. The average molecular weight is 357 g/mol. The molecule has 25 heavy (non-hydrogen) atoms. The number of halogens is 3. The summed E-state index contributed by atoms with van der Waals surface area (Å²) in [6, 6.07) is 2.88. The van der Waals surface area contributed by atoms with Crippen LogP contribution in [0.2, 0.25) is 0 Å². The maximum Gasteiger partial charge on any atom is 0.391 e. The van der Waals surface area contributed by atoms with E-state index in [0.29, 0.717) is 50.5 Å². The molecule has 138 valence electrons. The minimum absolute atomic E-state index is 0.0532. The Morgan fingerprint density at radius 1 is 1.28 bits per heavy atom. The molecule has 1 aliphatic heterocycles. The fourth-order valence-corrected chi connectivity index (χ4v) is 3.48. The van der Waals surface area contributed by atoms with Crippen LogP contribution in [0.15, 0.2) is 18.3 Å². The Hall–Kier alpha value is -1.83. The summed E-state index contributed by atoms with van der Waals surface area (Å²) in [4.78, 5) is 18.9. The number of carbonyl (C=O) groups is 1. The van der Waals surface area contributed by atoms with Gasteiger partial charge in [-0.15, -0.1) is 0 Å². The van der Waals surface area contributed by atoms with Crippen molar-refractivity contribution in [2.24, 2.45) is 5.92 Å². The van der Waals surface area contributed by atoms with Crippen molar-refractivity contribution in [3.63, 3.8) is 0 Å². The Labute approximate surface area is 144 Å². The number of anilines is 1. The lowest BCUT2D eigenvalue weighted by molar-refractivity contribution is -0.183. The molecule has 1 aromatic heterocycles. The van der Waals surface area contributed by atoms with E-state index >= 15 is 0 Å². The predicted octanol–water partition coefficient (Wildman–Crippen LogP) is 2.77. The minimum Gasteiger partial charge on any atom is -0.378 e. The number of alkyl halides is 3. The van der Waals surface area contributed by atoms with Crippen LogP contribution in [0.5, 0.6) is 0 Å². The molecule has 0 aromatic carbocycles. The zero-order valence-corrected chi connectivity index (χ0v) is 13.9. The van der Waals surface area contributed by atoms with Crippen LogP contribution in [0.4, 0.5) is 19.0 Å². The molecule has 2 heterocycles. The van der Waals surface area contributed by atoms with Crippen LogP contribution in [0.25, 0.3) is 0 Å². The van der Waals surface area contributed by atoms with Crippen molar-refractivity contribution in [1.29, 1.82) is 0 Å². The van der Waals surface area contributed by atoms with Crippen LogP contribution in [0, 0.1) is 5.92 Å². The second kappa shape index (κ2) is 7.59. The minimum atomic E-state index is -4.20. The number of nitrogens with zero attached hydrogens (tertiary/aromatic N) is 2. The Bertz CT molecular complexity index is 603. The van der Waals surface area contributed by atoms with E-state index in [-0.39, 0.29) is 18.7 Å². The molecule has 0 unspecified atom stereocenters.